The Balaban J connectivity index is -0.000000250. The van der Waals surface area contributed by atoms with E-state index in [0.29, 0.717) is 0 Å². The molecule has 0 aromatic rings. The van der Waals surface area contributed by atoms with Crippen LogP contribution in [0.15, 0.2) is 52.8 Å². The highest BCUT2D eigenvalue weighted by Crippen LogP contribution is 2.10. The van der Waals surface area contributed by atoms with E-state index >= 15 is 0 Å². The molecule has 1 aliphatic rings. The van der Waals surface area contributed by atoms with Gasteiger partial charge in [-0.05, 0) is 56.9 Å². The van der Waals surface area contributed by atoms with Gasteiger partial charge < -0.3 is 0 Å². The van der Waals surface area contributed by atoms with Crippen LogP contribution in [-0.2, 0) is 0 Å². The molecule has 0 atom stereocenters. The van der Waals surface area contributed by atoms with E-state index in [4.69, 9.17) is 0 Å². The average Bonchev–Trinajstić information content (AvgIpc) is 2.65. The van der Waals surface area contributed by atoms with Crippen LogP contribution >= 0.6 is 0 Å². The Hall–Kier alpha value is -1.26. The van der Waals surface area contributed by atoms with Gasteiger partial charge in [0, 0.05) is 0 Å². The predicted octanol–water partition coefficient (Wildman–Crippen LogP) is 7.80. The molecular formula is C21H38. The smallest absolute Gasteiger partial charge is 0.00912 e. The molecule has 0 saturated carbocycles. The molecule has 0 unspecified atom stereocenters. The summed E-state index contributed by atoms with van der Waals surface area (Å²) in [5, 5.41) is 0. The zero-order valence-corrected chi connectivity index (χ0v) is 16.1. The molecule has 1 rings (SSSR count). The molecule has 0 saturated heterocycles. The van der Waals surface area contributed by atoms with Gasteiger partial charge in [-0.15, -0.1) is 12.3 Å². The molecule has 0 aliphatic heterocycles. The predicted molar refractivity (Wildman–Crippen MR) is 102 cm³/mol. The molecule has 1 aliphatic carbocycles. The van der Waals surface area contributed by atoms with E-state index in [1.165, 1.54) is 35.1 Å². The first-order chi connectivity index (χ1) is 9.88. The maximum Gasteiger partial charge on any atom is -0.00912 e. The minimum Gasteiger partial charge on any atom is -0.117 e. The lowest BCUT2D eigenvalue weighted by molar-refractivity contribution is 0.886. The zero-order chi connectivity index (χ0) is 17.3. The number of hydrogen-bond acceptors (Lipinski definition) is 0. The fourth-order valence-electron chi connectivity index (χ4n) is 0.765. The van der Waals surface area contributed by atoms with Gasteiger partial charge in [-0.1, -0.05) is 65.2 Å². The third-order valence-electron chi connectivity index (χ3n) is 2.83. The molecule has 122 valence electrons. The highest BCUT2D eigenvalue weighted by Gasteiger charge is 1.91. The van der Waals surface area contributed by atoms with Crippen molar-refractivity contribution in [1.29, 1.82) is 0 Å². The summed E-state index contributed by atoms with van der Waals surface area (Å²) in [5.74, 6) is 0. The van der Waals surface area contributed by atoms with Gasteiger partial charge in [0.15, 0.2) is 0 Å². The fourth-order valence-corrected chi connectivity index (χ4v) is 0.765. The fraction of sp³-hybridized carbons (Fsp3) is 0.571. The second-order valence-corrected chi connectivity index (χ2v) is 4.98. The quantitative estimate of drug-likeness (QED) is 0.359. The summed E-state index contributed by atoms with van der Waals surface area (Å²) in [6.07, 6.45) is 9.99. The van der Waals surface area contributed by atoms with Gasteiger partial charge >= 0.3 is 0 Å². The van der Waals surface area contributed by atoms with E-state index in [1.54, 1.807) is 0 Å². The van der Waals surface area contributed by atoms with Crippen LogP contribution in [-0.4, -0.2) is 0 Å². The highest BCUT2D eigenvalue weighted by molar-refractivity contribution is 5.37. The van der Waals surface area contributed by atoms with E-state index in [-0.39, 0.29) is 0 Å². The summed E-state index contributed by atoms with van der Waals surface area (Å²) >= 11 is 0. The highest BCUT2D eigenvalue weighted by atomic mass is 14.0. The maximum atomic E-state index is 3.67. The minimum atomic E-state index is 1.11. The van der Waals surface area contributed by atoms with Crippen LogP contribution in [0.3, 0.4) is 0 Å². The van der Waals surface area contributed by atoms with Crippen LogP contribution in [0.1, 0.15) is 81.6 Å². The molecule has 0 fully saturated rings. The Bertz CT molecular complexity index is 367. The third-order valence-corrected chi connectivity index (χ3v) is 2.83. The molecule has 0 N–H and O–H groups in total. The number of rotatable bonds is 2. The maximum absolute atomic E-state index is 3.67. The lowest BCUT2D eigenvalue weighted by atomic mass is 10.1. The van der Waals surface area contributed by atoms with E-state index in [0.717, 1.165) is 6.42 Å². The van der Waals surface area contributed by atoms with Crippen molar-refractivity contribution in [2.24, 2.45) is 0 Å². The first kappa shape index (κ1) is 24.7. The normalized spacial score (nSPS) is 11.8. The van der Waals surface area contributed by atoms with Crippen molar-refractivity contribution < 1.29 is 0 Å². The number of hydrogen-bond donors (Lipinski definition) is 0. The van der Waals surface area contributed by atoms with Crippen LogP contribution in [0, 0.1) is 0 Å². The molecular weight excluding hydrogens is 252 g/mol. The van der Waals surface area contributed by atoms with Crippen molar-refractivity contribution in [3.05, 3.63) is 52.8 Å². The SMILES string of the molecule is C=C(C)CC.CC.CC1=C=CC(C)=C(C)C=C1.CCCC. The Morgan fingerprint density at radius 3 is 1.71 bits per heavy atom. The van der Waals surface area contributed by atoms with Crippen LogP contribution in [0.4, 0.5) is 0 Å². The van der Waals surface area contributed by atoms with Gasteiger partial charge in [0.05, 0.1) is 0 Å². The van der Waals surface area contributed by atoms with Gasteiger partial charge in [-0.2, -0.15) is 0 Å². The van der Waals surface area contributed by atoms with E-state index in [1.807, 2.05) is 26.8 Å². The standard InChI is InChI=1S/C10H12.C5H10.C4H10.C2H6/c1-8-4-6-9(2)10(3)7-5-8;1-4-5(2)3;1-3-4-2;1-2/h4,6-7H,1-3H3;2,4H2,1,3H3;3-4H2,1-2H3;1-2H3. The molecule has 0 nitrogen and oxygen atoms in total. The summed E-state index contributed by atoms with van der Waals surface area (Å²) in [4.78, 5) is 0. The third kappa shape index (κ3) is 21.2. The first-order valence-electron chi connectivity index (χ1n) is 8.32. The van der Waals surface area contributed by atoms with Crippen LogP contribution in [0.5, 0.6) is 0 Å². The van der Waals surface area contributed by atoms with Crippen molar-refractivity contribution in [1.82, 2.24) is 0 Å². The van der Waals surface area contributed by atoms with Gasteiger partial charge in [-0.3, -0.25) is 0 Å². The Morgan fingerprint density at radius 1 is 0.952 bits per heavy atom. The molecule has 0 amide bonds. The first-order valence-corrected chi connectivity index (χ1v) is 8.32. The van der Waals surface area contributed by atoms with Crippen LogP contribution in [0.2, 0.25) is 0 Å². The molecule has 21 heavy (non-hydrogen) atoms. The van der Waals surface area contributed by atoms with Gasteiger partial charge in [-0.25, -0.2) is 0 Å². The van der Waals surface area contributed by atoms with E-state index < -0.39 is 0 Å². The monoisotopic (exact) mass is 290 g/mol. The van der Waals surface area contributed by atoms with Crippen molar-refractivity contribution >= 4 is 0 Å². The summed E-state index contributed by atoms with van der Waals surface area (Å²) in [6, 6.07) is 0. The van der Waals surface area contributed by atoms with Crippen molar-refractivity contribution in [2.45, 2.75) is 81.6 Å². The molecule has 0 heteroatoms. The second-order valence-electron chi connectivity index (χ2n) is 4.98. The topological polar surface area (TPSA) is 0 Å². The summed E-state index contributed by atoms with van der Waals surface area (Å²) in [7, 11) is 0. The van der Waals surface area contributed by atoms with Gasteiger partial charge in [0.2, 0.25) is 0 Å². The molecule has 0 radical (unpaired) electrons. The van der Waals surface area contributed by atoms with Crippen LogP contribution in [0.25, 0.3) is 0 Å². The van der Waals surface area contributed by atoms with Gasteiger partial charge in [0.25, 0.3) is 0 Å². The number of allylic oxidation sites excluding steroid dienone is 6. The molecule has 0 aromatic heterocycles. The summed E-state index contributed by atoms with van der Waals surface area (Å²) in [6.45, 7) is 22.4. The van der Waals surface area contributed by atoms with E-state index in [2.05, 4.69) is 66.0 Å². The van der Waals surface area contributed by atoms with E-state index in [9.17, 15) is 0 Å². The Morgan fingerprint density at radius 2 is 1.38 bits per heavy atom. The van der Waals surface area contributed by atoms with Crippen molar-refractivity contribution in [3.8, 4) is 0 Å². The van der Waals surface area contributed by atoms with Gasteiger partial charge in [0.1, 0.15) is 0 Å². The summed E-state index contributed by atoms with van der Waals surface area (Å²) < 4.78 is 0. The molecule has 0 heterocycles. The van der Waals surface area contributed by atoms with Crippen molar-refractivity contribution in [2.75, 3.05) is 0 Å². The summed E-state index contributed by atoms with van der Waals surface area (Å²) in [5.41, 5.74) is 8.24. The van der Waals surface area contributed by atoms with Crippen molar-refractivity contribution in [3.63, 3.8) is 0 Å². The second kappa shape index (κ2) is 18.7. The largest absolute Gasteiger partial charge is 0.117 e. The number of unbranched alkanes of at least 4 members (excludes halogenated alkanes) is 1. The lowest BCUT2D eigenvalue weighted by Gasteiger charge is -1.91. The molecule has 0 bridgehead atoms. The minimum absolute atomic E-state index is 1.11. The molecule has 0 aromatic carbocycles. The Kier molecular flexibility index (Phi) is 22.1. The zero-order valence-electron chi connectivity index (χ0n) is 16.1. The van der Waals surface area contributed by atoms with Crippen LogP contribution < -0.4 is 0 Å². The molecule has 0 spiro atoms. The average molecular weight is 291 g/mol. The lowest BCUT2D eigenvalue weighted by Crippen LogP contribution is -1.72. The Labute approximate surface area is 135 Å².